The molecule has 132 valence electrons. The molecule has 0 aliphatic heterocycles. The highest BCUT2D eigenvalue weighted by Crippen LogP contribution is 2.13. The van der Waals surface area contributed by atoms with Crippen molar-refractivity contribution in [3.05, 3.63) is 95.6 Å². The lowest BCUT2D eigenvalue weighted by Gasteiger charge is -2.09. The molecule has 0 aliphatic rings. The number of rotatable bonds is 7. The molecular formula is C21H19FN2O2. The number of ether oxygens (including phenoxy) is 1. The summed E-state index contributed by atoms with van der Waals surface area (Å²) < 4.78 is 18.9. The van der Waals surface area contributed by atoms with Crippen LogP contribution >= 0.6 is 0 Å². The molecule has 3 aromatic rings. The van der Waals surface area contributed by atoms with Gasteiger partial charge in [0.1, 0.15) is 18.2 Å². The molecule has 0 unspecified atom stereocenters. The molecular weight excluding hydrogens is 331 g/mol. The fraction of sp³-hybridized carbons (Fsp3) is 0.143. The lowest BCUT2D eigenvalue weighted by molar-refractivity contribution is -0.120. The monoisotopic (exact) mass is 350 g/mol. The van der Waals surface area contributed by atoms with Crippen LogP contribution in [0.3, 0.4) is 0 Å². The number of hydrogen-bond donors (Lipinski definition) is 1. The molecule has 0 atom stereocenters. The van der Waals surface area contributed by atoms with Gasteiger partial charge in [0.15, 0.2) is 0 Å². The Morgan fingerprint density at radius 3 is 2.62 bits per heavy atom. The summed E-state index contributed by atoms with van der Waals surface area (Å²) in [5.41, 5.74) is 2.41. The Morgan fingerprint density at radius 1 is 1.00 bits per heavy atom. The summed E-state index contributed by atoms with van der Waals surface area (Å²) >= 11 is 0. The molecule has 0 radical (unpaired) electrons. The molecule has 26 heavy (non-hydrogen) atoms. The summed E-state index contributed by atoms with van der Waals surface area (Å²) in [6.07, 6.45) is 1.77. The van der Waals surface area contributed by atoms with Crippen molar-refractivity contribution < 1.29 is 13.9 Å². The predicted octanol–water partition coefficient (Wildman–Crippen LogP) is 3.66. The number of amides is 1. The second-order valence-electron chi connectivity index (χ2n) is 5.84. The summed E-state index contributed by atoms with van der Waals surface area (Å²) in [5, 5.41) is 2.79. The van der Waals surface area contributed by atoms with E-state index in [9.17, 15) is 9.18 Å². The van der Waals surface area contributed by atoms with E-state index in [0.717, 1.165) is 5.56 Å². The topological polar surface area (TPSA) is 51.2 Å². The number of carbonyl (C=O) groups excluding carboxylic acids is 1. The second kappa shape index (κ2) is 8.76. The molecule has 0 aliphatic carbocycles. The van der Waals surface area contributed by atoms with Gasteiger partial charge in [-0.2, -0.15) is 0 Å². The maximum absolute atomic E-state index is 13.2. The molecule has 4 nitrogen and oxygen atoms in total. The molecule has 1 heterocycles. The van der Waals surface area contributed by atoms with Crippen molar-refractivity contribution >= 4 is 5.91 Å². The van der Waals surface area contributed by atoms with Gasteiger partial charge in [0.2, 0.25) is 5.91 Å². The quantitative estimate of drug-likeness (QED) is 0.707. The van der Waals surface area contributed by atoms with Crippen LogP contribution in [0.15, 0.2) is 72.9 Å². The molecule has 0 spiro atoms. The summed E-state index contributed by atoms with van der Waals surface area (Å²) in [6, 6.07) is 19.5. The van der Waals surface area contributed by atoms with Crippen LogP contribution in [0.5, 0.6) is 5.75 Å². The number of nitrogens with one attached hydrogen (secondary N) is 1. The van der Waals surface area contributed by atoms with Crippen molar-refractivity contribution in [2.75, 3.05) is 0 Å². The van der Waals surface area contributed by atoms with E-state index in [1.807, 2.05) is 30.3 Å². The first-order chi connectivity index (χ1) is 12.7. The Balaban J connectivity index is 1.51. The summed E-state index contributed by atoms with van der Waals surface area (Å²) in [5.74, 6) is 0.159. The average molecular weight is 350 g/mol. The van der Waals surface area contributed by atoms with E-state index < -0.39 is 0 Å². The first-order valence-corrected chi connectivity index (χ1v) is 8.32. The maximum atomic E-state index is 13.2. The van der Waals surface area contributed by atoms with E-state index in [0.29, 0.717) is 23.6 Å². The zero-order chi connectivity index (χ0) is 18.2. The van der Waals surface area contributed by atoms with Gasteiger partial charge in [-0.1, -0.05) is 42.5 Å². The minimum atomic E-state index is -0.347. The summed E-state index contributed by atoms with van der Waals surface area (Å²) in [7, 11) is 0. The van der Waals surface area contributed by atoms with E-state index in [1.165, 1.54) is 12.1 Å². The van der Waals surface area contributed by atoms with Gasteiger partial charge in [0, 0.05) is 12.3 Å². The SMILES string of the molecule is O=C(Cc1cccc(F)c1)NCc1cc(OCc2ccccc2)ccn1. The van der Waals surface area contributed by atoms with Crippen LogP contribution in [0, 0.1) is 5.82 Å². The van der Waals surface area contributed by atoms with Gasteiger partial charge in [-0.15, -0.1) is 0 Å². The summed E-state index contributed by atoms with van der Waals surface area (Å²) in [4.78, 5) is 16.2. The van der Waals surface area contributed by atoms with Gasteiger partial charge < -0.3 is 10.1 Å². The zero-order valence-corrected chi connectivity index (χ0v) is 14.2. The maximum Gasteiger partial charge on any atom is 0.224 e. The van der Waals surface area contributed by atoms with E-state index in [-0.39, 0.29) is 24.7 Å². The van der Waals surface area contributed by atoms with Crippen molar-refractivity contribution in [1.29, 1.82) is 0 Å². The van der Waals surface area contributed by atoms with E-state index in [4.69, 9.17) is 4.74 Å². The molecule has 1 aromatic heterocycles. The first-order valence-electron chi connectivity index (χ1n) is 8.32. The van der Waals surface area contributed by atoms with Gasteiger partial charge in [-0.3, -0.25) is 9.78 Å². The average Bonchev–Trinajstić information content (AvgIpc) is 2.66. The van der Waals surface area contributed by atoms with Gasteiger partial charge in [0.25, 0.3) is 0 Å². The Hall–Kier alpha value is -3.21. The number of nitrogens with zero attached hydrogens (tertiary/aromatic N) is 1. The van der Waals surface area contributed by atoms with Crippen LogP contribution in [-0.4, -0.2) is 10.9 Å². The third-order valence-electron chi connectivity index (χ3n) is 3.76. The van der Waals surface area contributed by atoms with Crippen molar-refractivity contribution in [2.45, 2.75) is 19.6 Å². The van der Waals surface area contributed by atoms with Crippen molar-refractivity contribution in [3.8, 4) is 5.75 Å². The van der Waals surface area contributed by atoms with Gasteiger partial charge in [-0.25, -0.2) is 4.39 Å². The highest BCUT2D eigenvalue weighted by molar-refractivity contribution is 5.78. The van der Waals surface area contributed by atoms with Crippen LogP contribution < -0.4 is 10.1 Å². The van der Waals surface area contributed by atoms with Crippen LogP contribution in [0.25, 0.3) is 0 Å². The molecule has 0 saturated carbocycles. The Kier molecular flexibility index (Phi) is 5.93. The fourth-order valence-electron chi connectivity index (χ4n) is 2.47. The molecule has 2 aromatic carbocycles. The molecule has 0 fully saturated rings. The normalized spacial score (nSPS) is 10.3. The highest BCUT2D eigenvalue weighted by Gasteiger charge is 2.06. The molecule has 1 amide bonds. The van der Waals surface area contributed by atoms with Crippen molar-refractivity contribution in [1.82, 2.24) is 10.3 Å². The molecule has 0 saturated heterocycles. The van der Waals surface area contributed by atoms with Gasteiger partial charge in [0.05, 0.1) is 18.7 Å². The second-order valence-corrected chi connectivity index (χ2v) is 5.84. The highest BCUT2D eigenvalue weighted by atomic mass is 19.1. The van der Waals surface area contributed by atoms with Crippen LogP contribution in [-0.2, 0) is 24.4 Å². The van der Waals surface area contributed by atoms with Crippen LogP contribution in [0.1, 0.15) is 16.8 Å². The minimum absolute atomic E-state index is 0.127. The number of benzene rings is 2. The van der Waals surface area contributed by atoms with E-state index in [1.54, 1.807) is 30.5 Å². The molecule has 0 bridgehead atoms. The zero-order valence-electron chi connectivity index (χ0n) is 14.2. The fourth-order valence-corrected chi connectivity index (χ4v) is 2.47. The lowest BCUT2D eigenvalue weighted by Crippen LogP contribution is -2.25. The molecule has 3 rings (SSSR count). The Labute approximate surface area is 151 Å². The third-order valence-corrected chi connectivity index (χ3v) is 3.76. The molecule has 5 heteroatoms. The van der Waals surface area contributed by atoms with Gasteiger partial charge >= 0.3 is 0 Å². The van der Waals surface area contributed by atoms with Crippen LogP contribution in [0.2, 0.25) is 0 Å². The van der Waals surface area contributed by atoms with Crippen molar-refractivity contribution in [3.63, 3.8) is 0 Å². The number of halogens is 1. The van der Waals surface area contributed by atoms with E-state index in [2.05, 4.69) is 10.3 Å². The predicted molar refractivity (Wildman–Crippen MR) is 97.0 cm³/mol. The Morgan fingerprint density at radius 2 is 1.81 bits per heavy atom. The summed E-state index contributed by atoms with van der Waals surface area (Å²) in [6.45, 7) is 0.757. The number of pyridine rings is 1. The minimum Gasteiger partial charge on any atom is -0.489 e. The number of hydrogen-bond acceptors (Lipinski definition) is 3. The largest absolute Gasteiger partial charge is 0.489 e. The van der Waals surface area contributed by atoms with Crippen molar-refractivity contribution in [2.24, 2.45) is 0 Å². The van der Waals surface area contributed by atoms with E-state index >= 15 is 0 Å². The lowest BCUT2D eigenvalue weighted by atomic mass is 10.1. The Bertz CT molecular complexity index is 869. The first kappa shape index (κ1) is 17.6. The number of carbonyl (C=O) groups is 1. The van der Waals surface area contributed by atoms with Gasteiger partial charge in [-0.05, 0) is 29.3 Å². The third kappa shape index (κ3) is 5.41. The smallest absolute Gasteiger partial charge is 0.224 e. The molecule has 1 N–H and O–H groups in total. The standard InChI is InChI=1S/C21H19FN2O2/c22-18-8-4-7-17(11-18)12-21(25)24-14-19-13-20(9-10-23-19)26-15-16-5-2-1-3-6-16/h1-11,13H,12,14-15H2,(H,24,25). The van der Waals surface area contributed by atoms with Crippen LogP contribution in [0.4, 0.5) is 4.39 Å². The number of aromatic nitrogens is 1.